The predicted octanol–water partition coefficient (Wildman–Crippen LogP) is 1.34. The Hall–Kier alpha value is -1.16. The summed E-state index contributed by atoms with van der Waals surface area (Å²) < 4.78 is 0.697. The van der Waals surface area contributed by atoms with E-state index in [1.54, 1.807) is 18.3 Å². The van der Waals surface area contributed by atoms with Crippen LogP contribution < -0.4 is 5.73 Å². The molecule has 0 saturated heterocycles. The molecule has 0 spiro atoms. The molecule has 0 aliphatic heterocycles. The quantitative estimate of drug-likeness (QED) is 0.612. The van der Waals surface area contributed by atoms with E-state index in [0.29, 0.717) is 4.60 Å². The number of pyridine rings is 1. The van der Waals surface area contributed by atoms with Crippen LogP contribution >= 0.6 is 15.9 Å². The summed E-state index contributed by atoms with van der Waals surface area (Å²) in [7, 11) is 0. The van der Waals surface area contributed by atoms with E-state index in [1.807, 2.05) is 6.07 Å². The third-order valence-electron chi connectivity index (χ3n) is 1.22. The normalized spacial score (nSPS) is 10.4. The monoisotopic (exact) mass is 226 g/mol. The summed E-state index contributed by atoms with van der Waals surface area (Å²) in [6.07, 6.45) is 4.56. The van der Waals surface area contributed by atoms with Crippen LogP contribution in [0.1, 0.15) is 5.56 Å². The van der Waals surface area contributed by atoms with E-state index in [-0.39, 0.29) is 0 Å². The molecule has 0 radical (unpaired) electrons. The number of aromatic nitrogens is 1. The lowest BCUT2D eigenvalue weighted by atomic mass is 10.2. The molecule has 3 nitrogen and oxygen atoms in total. The van der Waals surface area contributed by atoms with Crippen molar-refractivity contribution < 1.29 is 4.79 Å². The Morgan fingerprint density at radius 2 is 2.42 bits per heavy atom. The number of primary amides is 1. The molecular formula is C8H7BrN2O. The minimum atomic E-state index is -0.467. The molecule has 1 aromatic heterocycles. The van der Waals surface area contributed by atoms with Crippen LogP contribution in [0.2, 0.25) is 0 Å². The SMILES string of the molecule is NC(=O)/C=C/c1cccnc1Br. The molecule has 4 heteroatoms. The Balaban J connectivity index is 2.89. The van der Waals surface area contributed by atoms with Gasteiger partial charge in [0.1, 0.15) is 4.60 Å². The van der Waals surface area contributed by atoms with Crippen molar-refractivity contribution in [2.75, 3.05) is 0 Å². The Morgan fingerprint density at radius 1 is 1.67 bits per heavy atom. The number of hydrogen-bond acceptors (Lipinski definition) is 2. The van der Waals surface area contributed by atoms with Crippen LogP contribution in [0.5, 0.6) is 0 Å². The highest BCUT2D eigenvalue weighted by Gasteiger charge is 1.94. The van der Waals surface area contributed by atoms with Crippen molar-refractivity contribution in [3.05, 3.63) is 34.6 Å². The summed E-state index contributed by atoms with van der Waals surface area (Å²) >= 11 is 3.23. The smallest absolute Gasteiger partial charge is 0.241 e. The van der Waals surface area contributed by atoms with Gasteiger partial charge in [-0.25, -0.2) is 4.98 Å². The van der Waals surface area contributed by atoms with Crippen LogP contribution in [0.3, 0.4) is 0 Å². The second-order valence-electron chi connectivity index (χ2n) is 2.12. The number of rotatable bonds is 2. The van der Waals surface area contributed by atoms with Crippen LogP contribution in [0.15, 0.2) is 29.0 Å². The van der Waals surface area contributed by atoms with E-state index < -0.39 is 5.91 Å². The van der Waals surface area contributed by atoms with Crippen molar-refractivity contribution in [3.63, 3.8) is 0 Å². The summed E-state index contributed by atoms with van der Waals surface area (Å²) in [5.74, 6) is -0.467. The summed E-state index contributed by atoms with van der Waals surface area (Å²) in [4.78, 5) is 14.4. The molecule has 1 rings (SSSR count). The number of halogens is 1. The lowest BCUT2D eigenvalue weighted by Crippen LogP contribution is -2.05. The van der Waals surface area contributed by atoms with E-state index in [1.165, 1.54) is 6.08 Å². The highest BCUT2D eigenvalue weighted by atomic mass is 79.9. The zero-order valence-electron chi connectivity index (χ0n) is 6.20. The van der Waals surface area contributed by atoms with Gasteiger partial charge in [-0.2, -0.15) is 0 Å². The third kappa shape index (κ3) is 2.47. The Bertz CT molecular complexity index is 323. The third-order valence-corrected chi connectivity index (χ3v) is 1.88. The zero-order chi connectivity index (χ0) is 8.97. The second-order valence-corrected chi connectivity index (χ2v) is 2.87. The van der Waals surface area contributed by atoms with E-state index in [0.717, 1.165) is 5.56 Å². The average molecular weight is 227 g/mol. The lowest BCUT2D eigenvalue weighted by Gasteiger charge is -1.93. The summed E-state index contributed by atoms with van der Waals surface area (Å²) in [6.45, 7) is 0. The van der Waals surface area contributed by atoms with Gasteiger partial charge in [0.25, 0.3) is 0 Å². The topological polar surface area (TPSA) is 56.0 Å². The van der Waals surface area contributed by atoms with Gasteiger partial charge in [-0.05, 0) is 28.1 Å². The maximum absolute atomic E-state index is 10.4. The number of carbonyl (C=O) groups excluding carboxylic acids is 1. The number of nitrogens with zero attached hydrogens (tertiary/aromatic N) is 1. The molecule has 0 atom stereocenters. The molecule has 12 heavy (non-hydrogen) atoms. The summed E-state index contributed by atoms with van der Waals surface area (Å²) in [5, 5.41) is 0. The van der Waals surface area contributed by atoms with E-state index in [2.05, 4.69) is 20.9 Å². The molecule has 1 heterocycles. The number of nitrogens with two attached hydrogens (primary N) is 1. The van der Waals surface area contributed by atoms with Crippen molar-refractivity contribution in [2.24, 2.45) is 5.73 Å². The molecule has 0 aliphatic rings. The fourth-order valence-corrected chi connectivity index (χ4v) is 1.08. The molecule has 2 N–H and O–H groups in total. The van der Waals surface area contributed by atoms with Crippen LogP contribution in [-0.4, -0.2) is 10.9 Å². The first-order valence-electron chi connectivity index (χ1n) is 3.28. The minimum Gasteiger partial charge on any atom is -0.366 e. The second kappa shape index (κ2) is 4.01. The number of amides is 1. The fraction of sp³-hybridized carbons (Fsp3) is 0. The largest absolute Gasteiger partial charge is 0.366 e. The molecule has 0 bridgehead atoms. The molecule has 0 saturated carbocycles. The lowest BCUT2D eigenvalue weighted by molar-refractivity contribution is -0.113. The van der Waals surface area contributed by atoms with Gasteiger partial charge in [0, 0.05) is 17.8 Å². The molecule has 0 fully saturated rings. The first kappa shape index (κ1) is 8.93. The Labute approximate surface area is 78.4 Å². The molecule has 0 aromatic carbocycles. The molecule has 62 valence electrons. The van der Waals surface area contributed by atoms with Gasteiger partial charge in [0.2, 0.25) is 5.91 Å². The highest BCUT2D eigenvalue weighted by molar-refractivity contribution is 9.10. The van der Waals surface area contributed by atoms with Crippen molar-refractivity contribution in [1.82, 2.24) is 4.98 Å². The minimum absolute atomic E-state index is 0.467. The van der Waals surface area contributed by atoms with Gasteiger partial charge in [0.15, 0.2) is 0 Å². The van der Waals surface area contributed by atoms with Crippen LogP contribution in [0.4, 0.5) is 0 Å². The molecule has 1 aromatic rings. The van der Waals surface area contributed by atoms with Gasteiger partial charge in [-0.15, -0.1) is 0 Å². The first-order chi connectivity index (χ1) is 5.70. The van der Waals surface area contributed by atoms with E-state index in [4.69, 9.17) is 5.73 Å². The molecule has 1 amide bonds. The van der Waals surface area contributed by atoms with Crippen molar-refractivity contribution in [2.45, 2.75) is 0 Å². The van der Waals surface area contributed by atoms with Crippen molar-refractivity contribution in [3.8, 4) is 0 Å². The Morgan fingerprint density at radius 3 is 3.00 bits per heavy atom. The van der Waals surface area contributed by atoms with Crippen LogP contribution in [-0.2, 0) is 4.79 Å². The molecule has 0 aliphatic carbocycles. The van der Waals surface area contributed by atoms with Crippen LogP contribution in [0.25, 0.3) is 6.08 Å². The van der Waals surface area contributed by atoms with Crippen LogP contribution in [0, 0.1) is 0 Å². The maximum Gasteiger partial charge on any atom is 0.241 e. The standard InChI is InChI=1S/C8H7BrN2O/c9-8-6(2-1-5-11-8)3-4-7(10)12/h1-5H,(H2,10,12)/b4-3+. The van der Waals surface area contributed by atoms with Crippen molar-refractivity contribution in [1.29, 1.82) is 0 Å². The average Bonchev–Trinajstić information content (AvgIpc) is 2.03. The molecule has 0 unspecified atom stereocenters. The Kier molecular flexibility index (Phi) is 2.99. The zero-order valence-corrected chi connectivity index (χ0v) is 7.78. The van der Waals surface area contributed by atoms with E-state index in [9.17, 15) is 4.79 Å². The molecular weight excluding hydrogens is 220 g/mol. The first-order valence-corrected chi connectivity index (χ1v) is 4.07. The maximum atomic E-state index is 10.4. The van der Waals surface area contributed by atoms with Gasteiger partial charge in [-0.3, -0.25) is 4.79 Å². The fourth-order valence-electron chi connectivity index (χ4n) is 0.695. The highest BCUT2D eigenvalue weighted by Crippen LogP contribution is 2.13. The van der Waals surface area contributed by atoms with Gasteiger partial charge >= 0.3 is 0 Å². The number of hydrogen-bond donors (Lipinski definition) is 1. The number of carbonyl (C=O) groups is 1. The van der Waals surface area contributed by atoms with Gasteiger partial charge in [0.05, 0.1) is 0 Å². The van der Waals surface area contributed by atoms with Gasteiger partial charge in [-0.1, -0.05) is 6.07 Å². The summed E-state index contributed by atoms with van der Waals surface area (Å²) in [6, 6.07) is 3.61. The van der Waals surface area contributed by atoms with Crippen molar-refractivity contribution >= 4 is 27.9 Å². The predicted molar refractivity (Wildman–Crippen MR) is 50.2 cm³/mol. The van der Waals surface area contributed by atoms with Gasteiger partial charge < -0.3 is 5.73 Å². The summed E-state index contributed by atoms with van der Waals surface area (Å²) in [5.41, 5.74) is 5.76. The van der Waals surface area contributed by atoms with E-state index >= 15 is 0 Å².